The van der Waals surface area contributed by atoms with E-state index in [4.69, 9.17) is 30.2 Å². The number of carbonyl (C=O) groups is 2. The first-order chi connectivity index (χ1) is 15.0. The van der Waals surface area contributed by atoms with Crippen LogP contribution in [0.25, 0.3) is 11.3 Å². The Balaban J connectivity index is 1.43. The number of ether oxygens (including phenoxy) is 3. The summed E-state index contributed by atoms with van der Waals surface area (Å²) in [6, 6.07) is 13.2. The van der Waals surface area contributed by atoms with Crippen LogP contribution in [0.2, 0.25) is 5.02 Å². The summed E-state index contributed by atoms with van der Waals surface area (Å²) in [7, 11) is 0. The first kappa shape index (κ1) is 20.5. The molecule has 1 aliphatic rings. The van der Waals surface area contributed by atoms with Gasteiger partial charge in [-0.15, -0.1) is 0 Å². The third kappa shape index (κ3) is 4.54. The SMILES string of the molecule is CCOC(=O)c1cc(-c2ccc(/C=N\NC(=O)c3ccc4c(c3)OCO4)o2)ccc1Cl. The molecule has 0 unspecified atom stereocenters. The molecule has 4 rings (SSSR count). The maximum atomic E-state index is 12.2. The van der Waals surface area contributed by atoms with Crippen LogP contribution < -0.4 is 14.9 Å². The van der Waals surface area contributed by atoms with E-state index in [1.807, 2.05) is 0 Å². The average Bonchev–Trinajstić information content (AvgIpc) is 3.43. The van der Waals surface area contributed by atoms with Crippen LogP contribution in [0.15, 0.2) is 58.0 Å². The van der Waals surface area contributed by atoms with Crippen LogP contribution in [-0.2, 0) is 4.74 Å². The lowest BCUT2D eigenvalue weighted by molar-refractivity contribution is 0.0526. The Labute approximate surface area is 182 Å². The minimum atomic E-state index is -0.506. The van der Waals surface area contributed by atoms with Crippen LogP contribution in [0.4, 0.5) is 0 Å². The highest BCUT2D eigenvalue weighted by Crippen LogP contribution is 2.32. The minimum absolute atomic E-state index is 0.133. The van der Waals surface area contributed by atoms with Crippen molar-refractivity contribution in [3.05, 3.63) is 70.4 Å². The molecule has 0 saturated carbocycles. The van der Waals surface area contributed by atoms with E-state index in [2.05, 4.69) is 10.5 Å². The highest BCUT2D eigenvalue weighted by atomic mass is 35.5. The van der Waals surface area contributed by atoms with Gasteiger partial charge in [-0.25, -0.2) is 10.2 Å². The second-order valence-electron chi connectivity index (χ2n) is 6.38. The van der Waals surface area contributed by atoms with Crippen LogP contribution in [0.5, 0.6) is 11.5 Å². The number of furan rings is 1. The molecule has 8 nitrogen and oxygen atoms in total. The summed E-state index contributed by atoms with van der Waals surface area (Å²) in [5, 5.41) is 4.21. The van der Waals surface area contributed by atoms with Gasteiger partial charge < -0.3 is 18.6 Å². The summed E-state index contributed by atoms with van der Waals surface area (Å²) in [5.41, 5.74) is 3.72. The zero-order valence-electron chi connectivity index (χ0n) is 16.4. The number of carbonyl (C=O) groups excluding carboxylic acids is 2. The summed E-state index contributed by atoms with van der Waals surface area (Å²) < 4.78 is 21.2. The molecular weight excluding hydrogens is 424 g/mol. The Kier molecular flexibility index (Phi) is 5.90. The molecule has 31 heavy (non-hydrogen) atoms. The van der Waals surface area contributed by atoms with Crippen molar-refractivity contribution < 1.29 is 28.2 Å². The number of rotatable bonds is 6. The molecular formula is C22H17ClN2O6. The summed E-state index contributed by atoms with van der Waals surface area (Å²) in [6.07, 6.45) is 1.37. The fourth-order valence-corrected chi connectivity index (χ4v) is 3.07. The molecule has 158 valence electrons. The molecule has 2 aromatic carbocycles. The summed E-state index contributed by atoms with van der Waals surface area (Å²) >= 11 is 6.09. The van der Waals surface area contributed by atoms with Gasteiger partial charge in [0.05, 0.1) is 23.4 Å². The number of hydrazone groups is 1. The number of hydrogen-bond acceptors (Lipinski definition) is 7. The third-order valence-corrected chi connectivity index (χ3v) is 4.70. The van der Waals surface area contributed by atoms with Crippen LogP contribution in [0.3, 0.4) is 0 Å². The molecule has 0 bridgehead atoms. The molecule has 1 aromatic heterocycles. The maximum absolute atomic E-state index is 12.2. The Bertz CT molecular complexity index is 1170. The van der Waals surface area contributed by atoms with Crippen molar-refractivity contribution in [2.24, 2.45) is 5.10 Å². The van der Waals surface area contributed by atoms with Crippen molar-refractivity contribution in [3.63, 3.8) is 0 Å². The number of nitrogens with zero attached hydrogens (tertiary/aromatic N) is 1. The van der Waals surface area contributed by atoms with Gasteiger partial charge in [0, 0.05) is 11.1 Å². The third-order valence-electron chi connectivity index (χ3n) is 4.37. The number of amides is 1. The zero-order chi connectivity index (χ0) is 21.8. The van der Waals surface area contributed by atoms with Crippen molar-refractivity contribution in [2.45, 2.75) is 6.92 Å². The van der Waals surface area contributed by atoms with E-state index in [0.29, 0.717) is 39.2 Å². The smallest absolute Gasteiger partial charge is 0.339 e. The number of hydrogen-bond donors (Lipinski definition) is 1. The lowest BCUT2D eigenvalue weighted by Crippen LogP contribution is -2.17. The van der Waals surface area contributed by atoms with Gasteiger partial charge in [0.15, 0.2) is 11.5 Å². The quantitative estimate of drug-likeness (QED) is 0.349. The van der Waals surface area contributed by atoms with E-state index in [1.54, 1.807) is 55.5 Å². The first-order valence-electron chi connectivity index (χ1n) is 9.35. The highest BCUT2D eigenvalue weighted by molar-refractivity contribution is 6.33. The molecule has 0 atom stereocenters. The maximum Gasteiger partial charge on any atom is 0.339 e. The lowest BCUT2D eigenvalue weighted by atomic mass is 10.1. The zero-order valence-corrected chi connectivity index (χ0v) is 17.1. The van der Waals surface area contributed by atoms with Crippen molar-refractivity contribution in [3.8, 4) is 22.8 Å². The Morgan fingerprint density at radius 2 is 1.97 bits per heavy atom. The fourth-order valence-electron chi connectivity index (χ4n) is 2.88. The number of benzene rings is 2. The van der Waals surface area contributed by atoms with E-state index in [0.717, 1.165) is 0 Å². The Hall–Kier alpha value is -3.78. The molecule has 2 heterocycles. The van der Waals surface area contributed by atoms with Crippen molar-refractivity contribution in [2.75, 3.05) is 13.4 Å². The van der Waals surface area contributed by atoms with E-state index < -0.39 is 11.9 Å². The number of esters is 1. The Morgan fingerprint density at radius 3 is 2.81 bits per heavy atom. The fraction of sp³-hybridized carbons (Fsp3) is 0.136. The van der Waals surface area contributed by atoms with Gasteiger partial charge in [-0.2, -0.15) is 5.10 Å². The molecule has 0 saturated heterocycles. The van der Waals surface area contributed by atoms with E-state index in [1.165, 1.54) is 6.21 Å². The van der Waals surface area contributed by atoms with Crippen LogP contribution in [0, 0.1) is 0 Å². The van der Waals surface area contributed by atoms with Gasteiger partial charge in [-0.1, -0.05) is 11.6 Å². The molecule has 1 aliphatic heterocycles. The van der Waals surface area contributed by atoms with E-state index in [-0.39, 0.29) is 19.0 Å². The second-order valence-corrected chi connectivity index (χ2v) is 6.79. The summed E-state index contributed by atoms with van der Waals surface area (Å²) in [5.74, 6) is 1.11. The van der Waals surface area contributed by atoms with Gasteiger partial charge in [0.1, 0.15) is 11.5 Å². The van der Waals surface area contributed by atoms with Gasteiger partial charge in [0.25, 0.3) is 5.91 Å². The molecule has 0 spiro atoms. The van der Waals surface area contributed by atoms with E-state index >= 15 is 0 Å². The van der Waals surface area contributed by atoms with Crippen LogP contribution in [0.1, 0.15) is 33.4 Å². The minimum Gasteiger partial charge on any atom is -0.462 e. The lowest BCUT2D eigenvalue weighted by Gasteiger charge is -2.05. The highest BCUT2D eigenvalue weighted by Gasteiger charge is 2.16. The van der Waals surface area contributed by atoms with Crippen LogP contribution in [-0.4, -0.2) is 31.5 Å². The standard InChI is InChI=1S/C22H17ClN2O6/c1-2-28-22(27)16-9-13(3-6-17(16)23)18-8-5-15(31-18)11-24-25-21(26)14-4-7-19-20(10-14)30-12-29-19/h3-11H,2,12H2,1H3,(H,25,26)/b24-11-. The largest absolute Gasteiger partial charge is 0.462 e. The van der Waals surface area contributed by atoms with Gasteiger partial charge in [-0.05, 0) is 55.5 Å². The molecule has 0 fully saturated rings. The molecule has 3 aromatic rings. The van der Waals surface area contributed by atoms with Gasteiger partial charge in [0.2, 0.25) is 6.79 Å². The van der Waals surface area contributed by atoms with Crippen molar-refractivity contribution in [1.82, 2.24) is 5.43 Å². The monoisotopic (exact) mass is 440 g/mol. The van der Waals surface area contributed by atoms with E-state index in [9.17, 15) is 9.59 Å². The molecule has 1 amide bonds. The molecule has 0 radical (unpaired) electrons. The molecule has 1 N–H and O–H groups in total. The predicted octanol–water partition coefficient (Wildman–Crippen LogP) is 4.27. The topological polar surface area (TPSA) is 99.4 Å². The number of nitrogens with one attached hydrogen (secondary N) is 1. The molecule has 9 heteroatoms. The normalized spacial score (nSPS) is 12.2. The average molecular weight is 441 g/mol. The van der Waals surface area contributed by atoms with Gasteiger partial charge >= 0.3 is 5.97 Å². The summed E-state index contributed by atoms with van der Waals surface area (Å²) in [4.78, 5) is 24.3. The predicted molar refractivity (Wildman–Crippen MR) is 113 cm³/mol. The van der Waals surface area contributed by atoms with Gasteiger partial charge in [-0.3, -0.25) is 4.79 Å². The number of halogens is 1. The van der Waals surface area contributed by atoms with Crippen LogP contribution >= 0.6 is 11.6 Å². The number of fused-ring (bicyclic) bond motifs is 1. The Morgan fingerprint density at radius 1 is 1.13 bits per heavy atom. The first-order valence-corrected chi connectivity index (χ1v) is 9.73. The second kappa shape index (κ2) is 8.93. The van der Waals surface area contributed by atoms with Crippen molar-refractivity contribution in [1.29, 1.82) is 0 Å². The summed E-state index contributed by atoms with van der Waals surface area (Å²) in [6.45, 7) is 2.10. The van der Waals surface area contributed by atoms with Crippen molar-refractivity contribution >= 4 is 29.7 Å². The molecule has 0 aliphatic carbocycles.